The zero-order chi connectivity index (χ0) is 10.6. The monoisotopic (exact) mass is 215 g/mol. The normalized spacial score (nSPS) is 21.8. The van der Waals surface area contributed by atoms with Gasteiger partial charge in [0.2, 0.25) is 5.91 Å². The molecule has 14 heavy (non-hydrogen) atoms. The third kappa shape index (κ3) is 3.52. The highest BCUT2D eigenvalue weighted by atomic mass is 32.1. The minimum atomic E-state index is 0.276. The van der Waals surface area contributed by atoms with Crippen LogP contribution in [0.5, 0.6) is 0 Å². The van der Waals surface area contributed by atoms with E-state index >= 15 is 0 Å². The van der Waals surface area contributed by atoms with Crippen LogP contribution in [0.4, 0.5) is 0 Å². The Morgan fingerprint density at radius 2 is 2.07 bits per heavy atom. The summed E-state index contributed by atoms with van der Waals surface area (Å²) < 4.78 is 0. The van der Waals surface area contributed by atoms with Gasteiger partial charge in [-0.3, -0.25) is 4.79 Å². The summed E-state index contributed by atoms with van der Waals surface area (Å²) in [7, 11) is 0. The average Bonchev–Trinajstić information content (AvgIpc) is 2.27. The van der Waals surface area contributed by atoms with Gasteiger partial charge in [-0.25, -0.2) is 0 Å². The molecule has 1 rings (SSSR count). The summed E-state index contributed by atoms with van der Waals surface area (Å²) in [6.07, 6.45) is 4.10. The van der Waals surface area contributed by atoms with Gasteiger partial charge in [0, 0.05) is 19.5 Å². The Morgan fingerprint density at radius 1 is 1.36 bits per heavy atom. The molecular weight excluding hydrogens is 194 g/mol. The summed E-state index contributed by atoms with van der Waals surface area (Å²) in [4.78, 5) is 13.6. The molecule has 1 fully saturated rings. The lowest BCUT2D eigenvalue weighted by atomic mass is 9.85. The van der Waals surface area contributed by atoms with Crippen molar-refractivity contribution in [2.75, 3.05) is 18.8 Å². The van der Waals surface area contributed by atoms with E-state index in [9.17, 15) is 4.79 Å². The highest BCUT2D eigenvalue weighted by Crippen LogP contribution is 2.29. The van der Waals surface area contributed by atoms with Gasteiger partial charge >= 0.3 is 0 Å². The second-order valence-electron chi connectivity index (χ2n) is 4.87. The lowest BCUT2D eigenvalue weighted by Crippen LogP contribution is -2.32. The van der Waals surface area contributed by atoms with E-state index in [2.05, 4.69) is 26.5 Å². The first-order valence-corrected chi connectivity index (χ1v) is 6.07. The Labute approximate surface area is 92.5 Å². The first-order valence-electron chi connectivity index (χ1n) is 5.44. The predicted molar refractivity (Wildman–Crippen MR) is 62.7 cm³/mol. The van der Waals surface area contributed by atoms with Crippen LogP contribution in [0.3, 0.4) is 0 Å². The van der Waals surface area contributed by atoms with Crippen LogP contribution in [0.1, 0.15) is 39.5 Å². The summed E-state index contributed by atoms with van der Waals surface area (Å²) in [6, 6.07) is 0. The zero-order valence-corrected chi connectivity index (χ0v) is 10.1. The highest BCUT2D eigenvalue weighted by molar-refractivity contribution is 7.80. The van der Waals surface area contributed by atoms with Gasteiger partial charge < -0.3 is 4.90 Å². The topological polar surface area (TPSA) is 20.3 Å². The van der Waals surface area contributed by atoms with Crippen LogP contribution in [-0.2, 0) is 4.79 Å². The second kappa shape index (κ2) is 5.06. The van der Waals surface area contributed by atoms with E-state index in [1.807, 2.05) is 4.90 Å². The van der Waals surface area contributed by atoms with Crippen molar-refractivity contribution in [1.82, 2.24) is 4.90 Å². The maximum atomic E-state index is 11.6. The van der Waals surface area contributed by atoms with Gasteiger partial charge in [-0.05, 0) is 30.4 Å². The van der Waals surface area contributed by atoms with Crippen LogP contribution >= 0.6 is 12.6 Å². The van der Waals surface area contributed by atoms with E-state index in [0.717, 1.165) is 25.9 Å². The van der Waals surface area contributed by atoms with Gasteiger partial charge in [0.15, 0.2) is 0 Å². The molecule has 0 N–H and O–H groups in total. The Bertz CT molecular complexity index is 203. The van der Waals surface area contributed by atoms with Crippen molar-refractivity contribution >= 4 is 18.5 Å². The fourth-order valence-corrected chi connectivity index (χ4v) is 2.12. The van der Waals surface area contributed by atoms with E-state index in [-0.39, 0.29) is 5.91 Å². The number of thiol groups is 1. The predicted octanol–water partition coefficient (Wildman–Crippen LogP) is 2.35. The van der Waals surface area contributed by atoms with E-state index in [1.165, 1.54) is 6.42 Å². The smallest absolute Gasteiger partial charge is 0.223 e. The van der Waals surface area contributed by atoms with Crippen LogP contribution in [0.25, 0.3) is 0 Å². The van der Waals surface area contributed by atoms with E-state index in [0.29, 0.717) is 17.6 Å². The molecular formula is C11H21NOS. The fourth-order valence-electron chi connectivity index (χ4n) is 1.93. The lowest BCUT2D eigenvalue weighted by molar-refractivity contribution is -0.130. The molecule has 1 saturated heterocycles. The Kier molecular flexibility index (Phi) is 4.30. The molecule has 2 nitrogen and oxygen atoms in total. The molecule has 0 atom stereocenters. The summed E-state index contributed by atoms with van der Waals surface area (Å²) in [5.41, 5.74) is 0.413. The number of carbonyl (C=O) groups excluding carboxylic acids is 1. The van der Waals surface area contributed by atoms with Crippen LogP contribution in [0.2, 0.25) is 0 Å². The number of carbonyl (C=O) groups is 1. The highest BCUT2D eigenvalue weighted by Gasteiger charge is 2.24. The molecule has 1 amide bonds. The maximum Gasteiger partial charge on any atom is 0.223 e. The number of amides is 1. The molecule has 0 aromatic rings. The lowest BCUT2D eigenvalue weighted by Gasteiger charge is -2.23. The van der Waals surface area contributed by atoms with E-state index < -0.39 is 0 Å². The van der Waals surface area contributed by atoms with E-state index in [4.69, 9.17) is 0 Å². The van der Waals surface area contributed by atoms with Crippen molar-refractivity contribution in [2.24, 2.45) is 5.41 Å². The summed E-state index contributed by atoms with van der Waals surface area (Å²) >= 11 is 4.09. The Balaban J connectivity index is 2.45. The van der Waals surface area contributed by atoms with E-state index in [1.54, 1.807) is 0 Å². The minimum absolute atomic E-state index is 0.276. The van der Waals surface area contributed by atoms with Gasteiger partial charge in [-0.15, -0.1) is 0 Å². The summed E-state index contributed by atoms with van der Waals surface area (Å²) in [6.45, 7) is 6.45. The van der Waals surface area contributed by atoms with Crippen LogP contribution in [0.15, 0.2) is 0 Å². The standard InChI is InChI=1S/C11H21NOS/c1-11(2)5-3-7-12(8-6-11)10(13)4-9-14/h14H,3-9H2,1-2H3. The first-order chi connectivity index (χ1) is 6.55. The van der Waals surface area contributed by atoms with Gasteiger partial charge in [0.05, 0.1) is 0 Å². The largest absolute Gasteiger partial charge is 0.343 e. The molecule has 0 unspecified atom stereocenters. The zero-order valence-electron chi connectivity index (χ0n) is 9.25. The molecule has 0 spiro atoms. The third-order valence-electron chi connectivity index (χ3n) is 3.02. The van der Waals surface area contributed by atoms with Gasteiger partial charge in [-0.2, -0.15) is 12.6 Å². The molecule has 1 aliphatic heterocycles. The number of hydrogen-bond donors (Lipinski definition) is 1. The second-order valence-corrected chi connectivity index (χ2v) is 5.32. The van der Waals surface area contributed by atoms with Gasteiger partial charge in [0.1, 0.15) is 0 Å². The maximum absolute atomic E-state index is 11.6. The number of rotatable bonds is 2. The first kappa shape index (κ1) is 11.9. The number of likely N-dealkylation sites (tertiary alicyclic amines) is 1. The van der Waals surface area contributed by atoms with Crippen molar-refractivity contribution in [2.45, 2.75) is 39.5 Å². The van der Waals surface area contributed by atoms with Gasteiger partial charge in [0.25, 0.3) is 0 Å². The molecule has 1 heterocycles. The van der Waals surface area contributed by atoms with Crippen molar-refractivity contribution in [1.29, 1.82) is 0 Å². The molecule has 3 heteroatoms. The molecule has 0 aliphatic carbocycles. The summed E-state index contributed by atoms with van der Waals surface area (Å²) in [5, 5.41) is 0. The molecule has 0 aromatic carbocycles. The number of hydrogen-bond acceptors (Lipinski definition) is 2. The molecule has 1 aliphatic rings. The average molecular weight is 215 g/mol. The van der Waals surface area contributed by atoms with Gasteiger partial charge in [-0.1, -0.05) is 13.8 Å². The van der Waals surface area contributed by atoms with Crippen molar-refractivity contribution in [3.8, 4) is 0 Å². The van der Waals surface area contributed by atoms with Crippen LogP contribution < -0.4 is 0 Å². The minimum Gasteiger partial charge on any atom is -0.343 e. The molecule has 0 bridgehead atoms. The van der Waals surface area contributed by atoms with Crippen LogP contribution in [-0.4, -0.2) is 29.6 Å². The Morgan fingerprint density at radius 3 is 2.71 bits per heavy atom. The SMILES string of the molecule is CC1(C)CCCN(C(=O)CCS)CC1. The van der Waals surface area contributed by atoms with Crippen LogP contribution in [0, 0.1) is 5.41 Å². The van der Waals surface area contributed by atoms with Crippen molar-refractivity contribution in [3.05, 3.63) is 0 Å². The molecule has 0 aromatic heterocycles. The van der Waals surface area contributed by atoms with Crippen molar-refractivity contribution < 1.29 is 4.79 Å². The molecule has 82 valence electrons. The summed E-state index contributed by atoms with van der Waals surface area (Å²) in [5.74, 6) is 0.941. The number of nitrogens with zero attached hydrogens (tertiary/aromatic N) is 1. The fraction of sp³-hybridized carbons (Fsp3) is 0.909. The molecule has 0 saturated carbocycles. The third-order valence-corrected chi connectivity index (χ3v) is 3.24. The molecule has 0 radical (unpaired) electrons. The Hall–Kier alpha value is -0.180. The quantitative estimate of drug-likeness (QED) is 0.701. The van der Waals surface area contributed by atoms with Crippen molar-refractivity contribution in [3.63, 3.8) is 0 Å².